The Hall–Kier alpha value is 0.390. The van der Waals surface area contributed by atoms with Gasteiger partial charge in [0.2, 0.25) is 0 Å². The SMILES string of the molecule is CC[P](CC)(CC)CCO. The average Bonchev–Trinajstić information content (AvgIpc) is 2.01. The first kappa shape index (κ1) is 10.4. The predicted molar refractivity (Wildman–Crippen MR) is 50.5 cm³/mol. The van der Waals surface area contributed by atoms with Gasteiger partial charge in [0, 0.05) is 6.61 Å². The molecule has 0 atom stereocenters. The zero-order valence-electron chi connectivity index (χ0n) is 7.43. The van der Waals surface area contributed by atoms with Crippen molar-refractivity contribution >= 4 is 7.26 Å². The minimum atomic E-state index is -0.689. The second-order valence-electron chi connectivity index (χ2n) is 2.74. The molecule has 0 rings (SSSR count). The van der Waals surface area contributed by atoms with Crippen LogP contribution < -0.4 is 0 Å². The van der Waals surface area contributed by atoms with Gasteiger partial charge in [-0.2, -0.15) is 0 Å². The molecule has 0 amide bonds. The summed E-state index contributed by atoms with van der Waals surface area (Å²) in [5.74, 6) is 0. The van der Waals surface area contributed by atoms with Crippen LogP contribution in [0.25, 0.3) is 0 Å². The lowest BCUT2D eigenvalue weighted by Crippen LogP contribution is -2.09. The maximum absolute atomic E-state index is 8.82. The minimum Gasteiger partial charge on any atom is -0.396 e. The minimum absolute atomic E-state index is 0.392. The Morgan fingerprint density at radius 2 is 1.40 bits per heavy atom. The molecule has 0 heterocycles. The Bertz CT molecular complexity index is 71.1. The summed E-state index contributed by atoms with van der Waals surface area (Å²) in [6, 6.07) is 0. The van der Waals surface area contributed by atoms with Gasteiger partial charge in [0.05, 0.1) is 0 Å². The lowest BCUT2D eigenvalue weighted by atomic mass is 10.9. The van der Waals surface area contributed by atoms with Gasteiger partial charge < -0.3 is 5.11 Å². The Kier molecular flexibility index (Phi) is 5.29. The van der Waals surface area contributed by atoms with E-state index in [1.807, 2.05) is 0 Å². The highest BCUT2D eigenvalue weighted by molar-refractivity contribution is 7.75. The molecule has 0 saturated heterocycles. The quantitative estimate of drug-likeness (QED) is 0.615. The third kappa shape index (κ3) is 2.56. The van der Waals surface area contributed by atoms with Crippen LogP contribution in [0.15, 0.2) is 0 Å². The molecule has 2 heteroatoms. The Morgan fingerprint density at radius 3 is 1.50 bits per heavy atom. The maximum atomic E-state index is 8.82. The van der Waals surface area contributed by atoms with Crippen molar-refractivity contribution in [3.63, 3.8) is 0 Å². The largest absolute Gasteiger partial charge is 0.396 e. The highest BCUT2D eigenvalue weighted by Crippen LogP contribution is 2.57. The third-order valence-corrected chi connectivity index (χ3v) is 7.76. The zero-order valence-corrected chi connectivity index (χ0v) is 8.32. The molecule has 0 aliphatic heterocycles. The van der Waals surface area contributed by atoms with Crippen LogP contribution in [0.2, 0.25) is 0 Å². The van der Waals surface area contributed by atoms with E-state index in [1.165, 1.54) is 18.5 Å². The molecule has 1 nitrogen and oxygen atoms in total. The van der Waals surface area contributed by atoms with Gasteiger partial charge in [-0.15, -0.1) is 7.26 Å². The van der Waals surface area contributed by atoms with Crippen molar-refractivity contribution in [1.29, 1.82) is 0 Å². The van der Waals surface area contributed by atoms with Crippen LogP contribution in [-0.2, 0) is 0 Å². The van der Waals surface area contributed by atoms with Crippen LogP contribution in [0, 0.1) is 0 Å². The van der Waals surface area contributed by atoms with Gasteiger partial charge in [0.25, 0.3) is 0 Å². The molecule has 0 saturated carbocycles. The smallest absolute Gasteiger partial charge is 0.0467 e. The molecule has 1 radical (unpaired) electrons. The Morgan fingerprint density at radius 1 is 1.00 bits per heavy atom. The molecule has 0 bridgehead atoms. The topological polar surface area (TPSA) is 20.2 Å². The first-order chi connectivity index (χ1) is 4.74. The van der Waals surface area contributed by atoms with E-state index in [1.54, 1.807) is 0 Å². The predicted octanol–water partition coefficient (Wildman–Crippen LogP) is 2.06. The van der Waals surface area contributed by atoms with E-state index in [-0.39, 0.29) is 0 Å². The molecule has 0 fully saturated rings. The lowest BCUT2D eigenvalue weighted by molar-refractivity contribution is 0.321. The number of aliphatic hydroxyl groups is 1. The number of hydrogen-bond acceptors (Lipinski definition) is 1. The zero-order chi connectivity index (χ0) is 8.04. The van der Waals surface area contributed by atoms with Crippen molar-refractivity contribution in [3.8, 4) is 0 Å². The molecular weight excluding hydrogens is 143 g/mol. The number of aliphatic hydroxyl groups excluding tert-OH is 1. The fourth-order valence-corrected chi connectivity index (χ4v) is 4.07. The van der Waals surface area contributed by atoms with Crippen molar-refractivity contribution < 1.29 is 5.11 Å². The fourth-order valence-electron chi connectivity index (χ4n) is 1.36. The fraction of sp³-hybridized carbons (Fsp3) is 1.00. The van der Waals surface area contributed by atoms with E-state index in [9.17, 15) is 0 Å². The monoisotopic (exact) mass is 163 g/mol. The molecule has 0 aromatic carbocycles. The van der Waals surface area contributed by atoms with E-state index in [0.29, 0.717) is 6.61 Å². The normalized spacial score (nSPS) is 12.0. The van der Waals surface area contributed by atoms with Crippen LogP contribution >= 0.6 is 7.26 Å². The van der Waals surface area contributed by atoms with Gasteiger partial charge in [0.1, 0.15) is 0 Å². The molecule has 0 spiro atoms. The molecule has 0 aliphatic rings. The third-order valence-electron chi connectivity index (χ3n) is 2.59. The van der Waals surface area contributed by atoms with Gasteiger partial charge in [-0.1, -0.05) is 20.8 Å². The second-order valence-corrected chi connectivity index (χ2v) is 7.77. The van der Waals surface area contributed by atoms with E-state index in [0.717, 1.165) is 6.16 Å². The number of rotatable bonds is 5. The second kappa shape index (κ2) is 5.09. The van der Waals surface area contributed by atoms with E-state index in [2.05, 4.69) is 20.8 Å². The molecule has 1 N–H and O–H groups in total. The summed E-state index contributed by atoms with van der Waals surface area (Å²) in [4.78, 5) is 0. The van der Waals surface area contributed by atoms with Gasteiger partial charge in [-0.25, -0.2) is 0 Å². The molecular formula is C8H20OP. The summed E-state index contributed by atoms with van der Waals surface area (Å²) in [5, 5.41) is 8.82. The molecule has 63 valence electrons. The molecule has 0 unspecified atom stereocenters. The summed E-state index contributed by atoms with van der Waals surface area (Å²) in [5.41, 5.74) is 0. The van der Waals surface area contributed by atoms with Crippen LogP contribution in [0.1, 0.15) is 20.8 Å². The van der Waals surface area contributed by atoms with Crippen molar-refractivity contribution in [2.24, 2.45) is 0 Å². The van der Waals surface area contributed by atoms with Gasteiger partial charge in [-0.3, -0.25) is 0 Å². The summed E-state index contributed by atoms with van der Waals surface area (Å²) < 4.78 is 0. The van der Waals surface area contributed by atoms with Crippen LogP contribution in [0.4, 0.5) is 0 Å². The number of hydrogen-bond donors (Lipinski definition) is 1. The summed E-state index contributed by atoms with van der Waals surface area (Å²) >= 11 is 0. The van der Waals surface area contributed by atoms with E-state index >= 15 is 0 Å². The average molecular weight is 163 g/mol. The van der Waals surface area contributed by atoms with E-state index in [4.69, 9.17) is 5.11 Å². The Balaban J connectivity index is 3.87. The highest BCUT2D eigenvalue weighted by atomic mass is 31.2. The van der Waals surface area contributed by atoms with Gasteiger partial charge in [0.15, 0.2) is 0 Å². The van der Waals surface area contributed by atoms with Gasteiger partial charge >= 0.3 is 0 Å². The van der Waals surface area contributed by atoms with Crippen molar-refractivity contribution in [2.45, 2.75) is 20.8 Å². The lowest BCUT2D eigenvalue weighted by Gasteiger charge is -2.32. The first-order valence-corrected chi connectivity index (χ1v) is 6.73. The maximum Gasteiger partial charge on any atom is 0.0467 e. The van der Waals surface area contributed by atoms with Crippen molar-refractivity contribution in [1.82, 2.24) is 0 Å². The molecule has 10 heavy (non-hydrogen) atoms. The standard InChI is InChI=1S/C8H20OP/c1-4-10(5-2,6-3)8-7-9/h9H,4-8H2,1-3H3. The summed E-state index contributed by atoms with van der Waals surface area (Å²) in [6.45, 7) is 7.17. The Labute approximate surface area is 65.2 Å². The molecule has 0 aliphatic carbocycles. The summed E-state index contributed by atoms with van der Waals surface area (Å²) in [6.07, 6.45) is 5.00. The molecule has 0 aromatic heterocycles. The first-order valence-electron chi connectivity index (χ1n) is 4.20. The van der Waals surface area contributed by atoms with E-state index < -0.39 is 7.26 Å². The van der Waals surface area contributed by atoms with Gasteiger partial charge in [-0.05, 0) is 24.6 Å². The highest BCUT2D eigenvalue weighted by Gasteiger charge is 2.19. The van der Waals surface area contributed by atoms with Crippen molar-refractivity contribution in [3.05, 3.63) is 0 Å². The van der Waals surface area contributed by atoms with Crippen molar-refractivity contribution in [2.75, 3.05) is 31.3 Å². The van der Waals surface area contributed by atoms with Crippen LogP contribution in [-0.4, -0.2) is 36.4 Å². The molecule has 0 aromatic rings. The summed E-state index contributed by atoms with van der Waals surface area (Å²) in [7, 11) is -0.689. The van der Waals surface area contributed by atoms with Crippen LogP contribution in [0.5, 0.6) is 0 Å². The van der Waals surface area contributed by atoms with Crippen LogP contribution in [0.3, 0.4) is 0 Å².